The Hall–Kier alpha value is -2.89. The second kappa shape index (κ2) is 10.3. The highest BCUT2D eigenvalue weighted by atomic mass is 16.5. The molecule has 0 saturated carbocycles. The standard InChI is InChI=1S/C21H27N3O3/c1-4-7-17-9-11-18(12-10-17)27-15-21(26)24(16(2)3)14-20(25)23-19-8-5-6-13-22-19/h5-6,8-13,16H,4,7,14-15H2,1-3H3,(H,22,23,25). The first-order chi connectivity index (χ1) is 13.0. The van der Waals surface area contributed by atoms with E-state index in [-0.39, 0.29) is 31.0 Å². The van der Waals surface area contributed by atoms with Gasteiger partial charge in [-0.15, -0.1) is 0 Å². The number of pyridine rings is 1. The molecule has 0 spiro atoms. The molecule has 0 aliphatic rings. The molecule has 6 nitrogen and oxygen atoms in total. The predicted molar refractivity (Wildman–Crippen MR) is 106 cm³/mol. The van der Waals surface area contributed by atoms with Crippen molar-refractivity contribution in [3.63, 3.8) is 0 Å². The van der Waals surface area contributed by atoms with Crippen LogP contribution in [0.3, 0.4) is 0 Å². The first kappa shape index (κ1) is 20.4. The van der Waals surface area contributed by atoms with E-state index in [4.69, 9.17) is 4.74 Å². The summed E-state index contributed by atoms with van der Waals surface area (Å²) in [6.07, 6.45) is 3.70. The number of amides is 2. The first-order valence-electron chi connectivity index (χ1n) is 9.21. The molecule has 144 valence electrons. The van der Waals surface area contributed by atoms with Crippen LogP contribution in [-0.4, -0.2) is 40.9 Å². The van der Waals surface area contributed by atoms with Crippen LogP contribution >= 0.6 is 0 Å². The fourth-order valence-electron chi connectivity index (χ4n) is 2.60. The molecule has 2 aromatic rings. The van der Waals surface area contributed by atoms with E-state index >= 15 is 0 Å². The maximum absolute atomic E-state index is 12.5. The van der Waals surface area contributed by atoms with Gasteiger partial charge in [0.1, 0.15) is 18.1 Å². The molecule has 6 heteroatoms. The van der Waals surface area contributed by atoms with Gasteiger partial charge >= 0.3 is 0 Å². The van der Waals surface area contributed by atoms with Crippen LogP contribution in [-0.2, 0) is 16.0 Å². The number of ether oxygens (including phenoxy) is 1. The second-order valence-corrected chi connectivity index (χ2v) is 6.56. The van der Waals surface area contributed by atoms with Crippen molar-refractivity contribution >= 4 is 17.6 Å². The van der Waals surface area contributed by atoms with E-state index in [0.717, 1.165) is 12.8 Å². The molecule has 2 rings (SSSR count). The van der Waals surface area contributed by atoms with Gasteiger partial charge in [-0.2, -0.15) is 0 Å². The van der Waals surface area contributed by atoms with Crippen molar-refractivity contribution in [3.05, 3.63) is 54.2 Å². The molecule has 1 aromatic carbocycles. The zero-order chi connectivity index (χ0) is 19.6. The molecule has 0 aliphatic heterocycles. The number of hydrogen-bond acceptors (Lipinski definition) is 4. The molecule has 0 bridgehead atoms. The Morgan fingerprint density at radius 1 is 1.15 bits per heavy atom. The molecule has 1 aromatic heterocycles. The van der Waals surface area contributed by atoms with Gasteiger partial charge in [-0.1, -0.05) is 31.5 Å². The molecular weight excluding hydrogens is 342 g/mol. The van der Waals surface area contributed by atoms with Gasteiger partial charge in [0.25, 0.3) is 5.91 Å². The van der Waals surface area contributed by atoms with E-state index in [2.05, 4.69) is 17.2 Å². The van der Waals surface area contributed by atoms with Crippen molar-refractivity contribution in [1.29, 1.82) is 0 Å². The third kappa shape index (κ3) is 6.73. The molecule has 0 fully saturated rings. The fourth-order valence-corrected chi connectivity index (χ4v) is 2.60. The largest absolute Gasteiger partial charge is 0.484 e. The van der Waals surface area contributed by atoms with Crippen molar-refractivity contribution < 1.29 is 14.3 Å². The van der Waals surface area contributed by atoms with Gasteiger partial charge in [0.05, 0.1) is 0 Å². The molecule has 0 aliphatic carbocycles. The summed E-state index contributed by atoms with van der Waals surface area (Å²) in [6, 6.07) is 12.9. The summed E-state index contributed by atoms with van der Waals surface area (Å²) in [7, 11) is 0. The molecule has 0 atom stereocenters. The van der Waals surface area contributed by atoms with E-state index in [0.29, 0.717) is 11.6 Å². The van der Waals surface area contributed by atoms with Crippen molar-refractivity contribution in [2.75, 3.05) is 18.5 Å². The number of aryl methyl sites for hydroxylation is 1. The average molecular weight is 369 g/mol. The Balaban J connectivity index is 1.89. The number of nitrogens with zero attached hydrogens (tertiary/aromatic N) is 2. The number of carbonyl (C=O) groups excluding carboxylic acids is 2. The number of nitrogens with one attached hydrogen (secondary N) is 1. The highest BCUT2D eigenvalue weighted by Gasteiger charge is 2.21. The van der Waals surface area contributed by atoms with Crippen molar-refractivity contribution in [3.8, 4) is 5.75 Å². The van der Waals surface area contributed by atoms with Crippen LogP contribution in [0.4, 0.5) is 5.82 Å². The maximum Gasteiger partial charge on any atom is 0.261 e. The monoisotopic (exact) mass is 369 g/mol. The van der Waals surface area contributed by atoms with Gasteiger partial charge in [0.2, 0.25) is 5.91 Å². The van der Waals surface area contributed by atoms with Gasteiger partial charge in [0.15, 0.2) is 6.61 Å². The van der Waals surface area contributed by atoms with Crippen LogP contribution in [0.15, 0.2) is 48.7 Å². The normalized spacial score (nSPS) is 10.5. The van der Waals surface area contributed by atoms with Gasteiger partial charge in [-0.05, 0) is 50.1 Å². The average Bonchev–Trinajstić information content (AvgIpc) is 2.66. The predicted octanol–water partition coefficient (Wildman–Crippen LogP) is 3.29. The Bertz CT molecular complexity index is 730. The van der Waals surface area contributed by atoms with E-state index < -0.39 is 0 Å². The number of carbonyl (C=O) groups is 2. The van der Waals surface area contributed by atoms with Crippen LogP contribution in [0.1, 0.15) is 32.8 Å². The number of hydrogen-bond donors (Lipinski definition) is 1. The minimum atomic E-state index is -0.292. The zero-order valence-corrected chi connectivity index (χ0v) is 16.1. The fraction of sp³-hybridized carbons (Fsp3) is 0.381. The van der Waals surface area contributed by atoms with Gasteiger partial charge < -0.3 is 15.0 Å². The minimum absolute atomic E-state index is 0.0497. The molecule has 0 saturated heterocycles. The molecule has 0 radical (unpaired) electrons. The third-order valence-electron chi connectivity index (χ3n) is 4.01. The van der Waals surface area contributed by atoms with Crippen LogP contribution in [0.2, 0.25) is 0 Å². The second-order valence-electron chi connectivity index (χ2n) is 6.56. The molecule has 0 unspecified atom stereocenters. The Labute approximate surface area is 160 Å². The van der Waals surface area contributed by atoms with Crippen molar-refractivity contribution in [1.82, 2.24) is 9.88 Å². The Kier molecular flexibility index (Phi) is 7.79. The van der Waals surface area contributed by atoms with Crippen LogP contribution in [0.25, 0.3) is 0 Å². The maximum atomic E-state index is 12.5. The first-order valence-corrected chi connectivity index (χ1v) is 9.21. The number of rotatable bonds is 9. The third-order valence-corrected chi connectivity index (χ3v) is 4.01. The summed E-state index contributed by atoms with van der Waals surface area (Å²) in [4.78, 5) is 30.3. The lowest BCUT2D eigenvalue weighted by Crippen LogP contribution is -2.44. The number of benzene rings is 1. The van der Waals surface area contributed by atoms with E-state index in [1.54, 1.807) is 24.4 Å². The van der Waals surface area contributed by atoms with E-state index in [9.17, 15) is 9.59 Å². The summed E-state index contributed by atoms with van der Waals surface area (Å²) >= 11 is 0. The molecule has 1 heterocycles. The lowest BCUT2D eigenvalue weighted by atomic mass is 10.1. The highest BCUT2D eigenvalue weighted by Crippen LogP contribution is 2.14. The van der Waals surface area contributed by atoms with Crippen LogP contribution in [0.5, 0.6) is 5.75 Å². The van der Waals surface area contributed by atoms with Crippen LogP contribution in [0, 0.1) is 0 Å². The number of aromatic nitrogens is 1. The summed E-state index contributed by atoms with van der Waals surface area (Å²) in [5.74, 6) is 0.574. The summed E-state index contributed by atoms with van der Waals surface area (Å²) in [6.45, 7) is 5.71. The SMILES string of the molecule is CCCc1ccc(OCC(=O)N(CC(=O)Nc2ccccn2)C(C)C)cc1. The molecule has 27 heavy (non-hydrogen) atoms. The van der Waals surface area contributed by atoms with Crippen LogP contribution < -0.4 is 10.1 Å². The highest BCUT2D eigenvalue weighted by molar-refractivity contribution is 5.94. The summed E-state index contributed by atoms with van der Waals surface area (Å²) in [5, 5.41) is 2.69. The topological polar surface area (TPSA) is 71.5 Å². The van der Waals surface area contributed by atoms with Crippen molar-refractivity contribution in [2.45, 2.75) is 39.7 Å². The lowest BCUT2D eigenvalue weighted by Gasteiger charge is -2.26. The zero-order valence-electron chi connectivity index (χ0n) is 16.1. The van der Waals surface area contributed by atoms with Crippen molar-refractivity contribution in [2.24, 2.45) is 0 Å². The molecular formula is C21H27N3O3. The summed E-state index contributed by atoms with van der Waals surface area (Å²) in [5.41, 5.74) is 1.24. The van der Waals surface area contributed by atoms with Gasteiger partial charge in [-0.25, -0.2) is 4.98 Å². The van der Waals surface area contributed by atoms with E-state index in [1.807, 2.05) is 38.1 Å². The quantitative estimate of drug-likeness (QED) is 0.736. The van der Waals surface area contributed by atoms with E-state index in [1.165, 1.54) is 10.5 Å². The smallest absolute Gasteiger partial charge is 0.261 e. The summed E-state index contributed by atoms with van der Waals surface area (Å²) < 4.78 is 5.60. The Morgan fingerprint density at radius 3 is 2.48 bits per heavy atom. The Morgan fingerprint density at radius 2 is 1.89 bits per heavy atom. The molecule has 1 N–H and O–H groups in total. The molecule has 2 amide bonds. The van der Waals surface area contributed by atoms with Gasteiger partial charge in [0, 0.05) is 12.2 Å². The lowest BCUT2D eigenvalue weighted by molar-refractivity contribution is -0.138. The number of anilines is 1. The van der Waals surface area contributed by atoms with Gasteiger partial charge in [-0.3, -0.25) is 9.59 Å². The minimum Gasteiger partial charge on any atom is -0.484 e.